The molecule has 0 bridgehead atoms. The van der Waals surface area contributed by atoms with E-state index in [2.05, 4.69) is 6.92 Å². The van der Waals surface area contributed by atoms with Crippen LogP contribution in [0, 0.1) is 23.2 Å². The zero-order valence-electron chi connectivity index (χ0n) is 16.6. The Morgan fingerprint density at radius 3 is 2.36 bits per heavy atom. The van der Waals surface area contributed by atoms with E-state index in [0.717, 1.165) is 24.8 Å². The lowest BCUT2D eigenvalue weighted by atomic mass is 9.45. The molecule has 1 heterocycles. The van der Waals surface area contributed by atoms with Crippen molar-refractivity contribution < 1.29 is 30.0 Å². The average molecular weight is 392 g/mol. The summed E-state index contributed by atoms with van der Waals surface area (Å²) in [6.45, 7) is 2.46. The molecule has 28 heavy (non-hydrogen) atoms. The van der Waals surface area contributed by atoms with Crippen LogP contribution >= 0.6 is 0 Å². The molecule has 156 valence electrons. The quantitative estimate of drug-likeness (QED) is 0.503. The summed E-state index contributed by atoms with van der Waals surface area (Å²) in [5, 5.41) is 45.0. The largest absolute Gasteiger partial charge is 0.458 e. The predicted molar refractivity (Wildman–Crippen MR) is 100 cm³/mol. The zero-order chi connectivity index (χ0) is 19.9. The van der Waals surface area contributed by atoms with Gasteiger partial charge in [-0.2, -0.15) is 0 Å². The van der Waals surface area contributed by atoms with Crippen LogP contribution < -0.4 is 0 Å². The topological polar surface area (TPSA) is 107 Å². The molecular formula is C22H32O6. The Labute approximate surface area is 165 Å². The van der Waals surface area contributed by atoms with Gasteiger partial charge in [0.25, 0.3) is 0 Å². The average Bonchev–Trinajstić information content (AvgIpc) is 3.17. The lowest BCUT2D eigenvalue weighted by Gasteiger charge is -2.64. The summed E-state index contributed by atoms with van der Waals surface area (Å²) < 4.78 is 5.14. The Bertz CT molecular complexity index is 735. The van der Waals surface area contributed by atoms with Gasteiger partial charge in [-0.05, 0) is 74.7 Å². The number of hydrogen-bond donors (Lipinski definition) is 4. The molecule has 0 unspecified atom stereocenters. The summed E-state index contributed by atoms with van der Waals surface area (Å²) in [6.07, 6.45) is 6.17. The Balaban J connectivity index is 1.49. The molecular weight excluding hydrogens is 360 g/mol. The van der Waals surface area contributed by atoms with E-state index in [1.165, 1.54) is 0 Å². The van der Waals surface area contributed by atoms with Crippen LogP contribution in [0.2, 0.25) is 0 Å². The number of fused-ring (bicyclic) bond motifs is 5. The van der Waals surface area contributed by atoms with Gasteiger partial charge in [0.1, 0.15) is 6.61 Å². The van der Waals surface area contributed by atoms with Gasteiger partial charge < -0.3 is 25.2 Å². The highest BCUT2D eigenvalue weighted by molar-refractivity contribution is 5.85. The van der Waals surface area contributed by atoms with Gasteiger partial charge in [-0.1, -0.05) is 6.92 Å². The van der Waals surface area contributed by atoms with E-state index in [4.69, 9.17) is 4.74 Å². The summed E-state index contributed by atoms with van der Waals surface area (Å²) in [6, 6.07) is 0. The van der Waals surface area contributed by atoms with Crippen molar-refractivity contribution in [1.29, 1.82) is 0 Å². The third-order valence-electron chi connectivity index (χ3n) is 9.50. The van der Waals surface area contributed by atoms with Crippen molar-refractivity contribution in [2.75, 3.05) is 6.61 Å². The van der Waals surface area contributed by atoms with Crippen LogP contribution in [0.25, 0.3) is 0 Å². The van der Waals surface area contributed by atoms with Gasteiger partial charge in [-0.25, -0.2) is 4.79 Å². The highest BCUT2D eigenvalue weighted by Crippen LogP contribution is 2.68. The lowest BCUT2D eigenvalue weighted by Crippen LogP contribution is -2.71. The molecule has 6 heteroatoms. The number of hydrogen-bond acceptors (Lipinski definition) is 6. The Morgan fingerprint density at radius 1 is 0.964 bits per heavy atom. The number of carbonyl (C=O) groups excluding carboxylic acids is 1. The molecule has 5 aliphatic rings. The molecule has 0 radical (unpaired) electrons. The van der Waals surface area contributed by atoms with Gasteiger partial charge in [0.05, 0.1) is 22.9 Å². The van der Waals surface area contributed by atoms with Crippen LogP contribution in [-0.2, 0) is 9.53 Å². The first kappa shape index (κ1) is 19.0. The molecule has 6 nitrogen and oxygen atoms in total. The Kier molecular flexibility index (Phi) is 3.95. The van der Waals surface area contributed by atoms with E-state index in [1.807, 2.05) is 0 Å². The third-order valence-corrected chi connectivity index (χ3v) is 9.50. The molecule has 4 fully saturated rings. The fourth-order valence-electron chi connectivity index (χ4n) is 7.99. The van der Waals surface area contributed by atoms with Gasteiger partial charge in [-0.15, -0.1) is 0 Å². The van der Waals surface area contributed by atoms with Crippen LogP contribution in [0.3, 0.4) is 0 Å². The van der Waals surface area contributed by atoms with Crippen molar-refractivity contribution in [1.82, 2.24) is 0 Å². The highest BCUT2D eigenvalue weighted by atomic mass is 16.5. The third kappa shape index (κ3) is 2.21. The van der Waals surface area contributed by atoms with Crippen LogP contribution in [0.15, 0.2) is 11.6 Å². The summed E-state index contributed by atoms with van der Waals surface area (Å²) in [5.74, 6) is -0.407. The monoisotopic (exact) mass is 392 g/mol. The van der Waals surface area contributed by atoms with E-state index >= 15 is 0 Å². The van der Waals surface area contributed by atoms with E-state index in [0.29, 0.717) is 38.7 Å². The molecule has 5 rings (SSSR count). The lowest BCUT2D eigenvalue weighted by molar-refractivity contribution is -0.288. The Morgan fingerprint density at radius 2 is 1.64 bits per heavy atom. The minimum atomic E-state index is -1.26. The minimum Gasteiger partial charge on any atom is -0.458 e. The van der Waals surface area contributed by atoms with Crippen LogP contribution in [-0.4, -0.2) is 55.9 Å². The fraction of sp³-hybridized carbons (Fsp3) is 0.864. The summed E-state index contributed by atoms with van der Waals surface area (Å²) >= 11 is 0. The van der Waals surface area contributed by atoms with Crippen LogP contribution in [0.4, 0.5) is 0 Å². The number of cyclic esters (lactones) is 1. The zero-order valence-corrected chi connectivity index (χ0v) is 16.6. The van der Waals surface area contributed by atoms with Crippen LogP contribution in [0.5, 0.6) is 0 Å². The standard InChI is InChI=1S/C22H32O6/c1-19-6-3-17-16(4-7-20(25)11-14(23)2-8-22(17,20)27)21(19,26)9-5-15(19)13-10-18(24)28-12-13/h10,14-17,23,25-27H,2-9,11-12H2,1H3/t14-,15-,16+,17-,19-,20+,21+,22+/m1/s1. The van der Waals surface area contributed by atoms with Gasteiger partial charge in [0.2, 0.25) is 0 Å². The highest BCUT2D eigenvalue weighted by Gasteiger charge is 2.71. The Hall–Kier alpha value is -0.950. The molecule has 4 aliphatic carbocycles. The van der Waals surface area contributed by atoms with Gasteiger partial charge in [0, 0.05) is 17.9 Å². The van der Waals surface area contributed by atoms with Gasteiger partial charge in [-0.3, -0.25) is 0 Å². The van der Waals surface area contributed by atoms with Crippen molar-refractivity contribution in [3.63, 3.8) is 0 Å². The maximum atomic E-state index is 12.0. The van der Waals surface area contributed by atoms with E-state index in [9.17, 15) is 25.2 Å². The van der Waals surface area contributed by atoms with Gasteiger partial charge >= 0.3 is 5.97 Å². The summed E-state index contributed by atoms with van der Waals surface area (Å²) in [7, 11) is 0. The van der Waals surface area contributed by atoms with Crippen LogP contribution in [0.1, 0.15) is 64.7 Å². The molecule has 0 aromatic heterocycles. The first-order valence-electron chi connectivity index (χ1n) is 10.9. The number of aliphatic hydroxyl groups is 4. The summed E-state index contributed by atoms with van der Waals surface area (Å²) in [5.41, 5.74) is -2.78. The molecule has 0 aromatic carbocycles. The van der Waals surface area contributed by atoms with E-state index in [-0.39, 0.29) is 35.6 Å². The number of carbonyl (C=O) groups is 1. The number of esters is 1. The number of ether oxygens (including phenoxy) is 1. The predicted octanol–water partition coefficient (Wildman–Crippen LogP) is 1.44. The first-order chi connectivity index (χ1) is 13.1. The maximum Gasteiger partial charge on any atom is 0.331 e. The fourth-order valence-corrected chi connectivity index (χ4v) is 7.99. The van der Waals surface area contributed by atoms with Crippen molar-refractivity contribution in [3.05, 3.63) is 11.6 Å². The molecule has 1 aliphatic heterocycles. The van der Waals surface area contributed by atoms with Crippen molar-refractivity contribution in [3.8, 4) is 0 Å². The number of aliphatic hydroxyl groups excluding tert-OH is 1. The van der Waals surface area contributed by atoms with Gasteiger partial charge in [0.15, 0.2) is 0 Å². The second-order valence-corrected chi connectivity index (χ2v) is 10.4. The van der Waals surface area contributed by atoms with Crippen molar-refractivity contribution in [2.45, 2.75) is 87.6 Å². The molecule has 8 atom stereocenters. The van der Waals surface area contributed by atoms with E-state index < -0.39 is 22.9 Å². The smallest absolute Gasteiger partial charge is 0.331 e. The normalized spacial score (nSPS) is 55.8. The second-order valence-electron chi connectivity index (χ2n) is 10.4. The maximum absolute atomic E-state index is 12.0. The number of rotatable bonds is 1. The minimum absolute atomic E-state index is 0.0737. The van der Waals surface area contributed by atoms with Crippen molar-refractivity contribution >= 4 is 5.97 Å². The molecule has 4 saturated carbocycles. The molecule has 4 N–H and O–H groups in total. The van der Waals surface area contributed by atoms with E-state index in [1.54, 1.807) is 6.08 Å². The first-order valence-corrected chi connectivity index (χ1v) is 10.9. The van der Waals surface area contributed by atoms with Crippen molar-refractivity contribution in [2.24, 2.45) is 23.2 Å². The second kappa shape index (κ2) is 5.81. The molecule has 0 amide bonds. The summed E-state index contributed by atoms with van der Waals surface area (Å²) in [4.78, 5) is 11.6. The molecule has 0 aromatic rings. The SMILES string of the molecule is C[C@]12CC[C@@H]3[C@H](CC[C@]4(O)C[C@H](O)CC[C@]34O)[C@@]1(O)CC[C@@H]2C1=CC(=O)OC1. The molecule has 0 saturated heterocycles. The molecule has 0 spiro atoms.